The lowest BCUT2D eigenvalue weighted by Gasteiger charge is -2.29. The highest BCUT2D eigenvalue weighted by atomic mass is 19.4. The normalized spacial score (nSPS) is 19.9. The zero-order valence-corrected chi connectivity index (χ0v) is 16.6. The molecule has 162 valence electrons. The van der Waals surface area contributed by atoms with Gasteiger partial charge in [0.2, 0.25) is 5.95 Å². The van der Waals surface area contributed by atoms with Gasteiger partial charge in [0.15, 0.2) is 5.65 Å². The largest absolute Gasteiger partial charge is 0.522 e. The highest BCUT2D eigenvalue weighted by Gasteiger charge is 2.35. The maximum absolute atomic E-state index is 12.4. The lowest BCUT2D eigenvalue weighted by molar-refractivity contribution is -0.345. The summed E-state index contributed by atoms with van der Waals surface area (Å²) in [6.07, 6.45) is 1.86. The second kappa shape index (κ2) is 7.49. The first-order valence-corrected chi connectivity index (χ1v) is 10.0. The van der Waals surface area contributed by atoms with E-state index in [0.717, 1.165) is 28.0 Å². The number of rotatable bonds is 4. The van der Waals surface area contributed by atoms with Crippen LogP contribution in [0, 0.1) is 6.92 Å². The predicted octanol–water partition coefficient (Wildman–Crippen LogP) is 4.24. The Hall–Kier alpha value is -3.21. The third kappa shape index (κ3) is 4.18. The number of halogens is 3. The minimum atomic E-state index is -4.58. The van der Waals surface area contributed by atoms with Gasteiger partial charge >= 0.3 is 6.36 Å². The van der Waals surface area contributed by atoms with Crippen LogP contribution in [0.4, 0.5) is 19.1 Å². The molecule has 1 fully saturated rings. The molecule has 0 bridgehead atoms. The Labute approximate surface area is 174 Å². The molecule has 4 aromatic rings. The first-order valence-electron chi connectivity index (χ1n) is 10.0. The number of aromatic amines is 1. The van der Waals surface area contributed by atoms with Crippen LogP contribution in [0.5, 0.6) is 0 Å². The van der Waals surface area contributed by atoms with Crippen molar-refractivity contribution in [2.75, 3.05) is 5.32 Å². The van der Waals surface area contributed by atoms with Crippen LogP contribution in [-0.2, 0) is 4.74 Å². The Bertz CT molecular complexity index is 1220. The fourth-order valence-electron chi connectivity index (χ4n) is 4.03. The molecule has 1 saturated carbocycles. The molecule has 8 nitrogen and oxygen atoms in total. The topological polar surface area (TPSA) is 93.0 Å². The van der Waals surface area contributed by atoms with E-state index in [9.17, 15) is 13.2 Å². The maximum Gasteiger partial charge on any atom is 0.522 e. The van der Waals surface area contributed by atoms with Crippen molar-refractivity contribution in [2.24, 2.45) is 0 Å². The van der Waals surface area contributed by atoms with Gasteiger partial charge in [-0.3, -0.25) is 4.74 Å². The molecule has 0 spiro atoms. The molecule has 0 unspecified atom stereocenters. The van der Waals surface area contributed by atoms with Crippen LogP contribution in [0.15, 0.2) is 30.7 Å². The molecule has 0 aliphatic heterocycles. The number of nitrogens with zero attached hydrogens (tertiary/aromatic N) is 5. The van der Waals surface area contributed by atoms with Gasteiger partial charge in [-0.15, -0.1) is 13.2 Å². The Morgan fingerprint density at radius 3 is 2.74 bits per heavy atom. The fourth-order valence-corrected chi connectivity index (χ4v) is 4.03. The van der Waals surface area contributed by atoms with E-state index in [1.54, 1.807) is 10.7 Å². The molecular formula is C20H20F3N7O. The molecule has 0 atom stereocenters. The number of hydrogen-bond acceptors (Lipinski definition) is 6. The quantitative estimate of drug-likeness (QED) is 0.502. The zero-order valence-electron chi connectivity index (χ0n) is 16.6. The number of ether oxygens (including phenoxy) is 1. The number of hydrogen-bond donors (Lipinski definition) is 2. The zero-order chi connectivity index (χ0) is 21.6. The van der Waals surface area contributed by atoms with Gasteiger partial charge in [-0.25, -0.2) is 14.5 Å². The first-order chi connectivity index (χ1) is 14.8. The first kappa shape index (κ1) is 19.7. The van der Waals surface area contributed by atoms with Crippen LogP contribution in [0.2, 0.25) is 0 Å². The molecule has 31 heavy (non-hydrogen) atoms. The highest BCUT2D eigenvalue weighted by molar-refractivity contribution is 5.92. The van der Waals surface area contributed by atoms with Gasteiger partial charge in [0.1, 0.15) is 5.65 Å². The average molecular weight is 431 g/mol. The highest BCUT2D eigenvalue weighted by Crippen LogP contribution is 2.30. The van der Waals surface area contributed by atoms with E-state index in [4.69, 9.17) is 0 Å². The Balaban J connectivity index is 1.30. The second-order valence-corrected chi connectivity index (χ2v) is 7.74. The number of alkyl halides is 3. The molecule has 4 aromatic heterocycles. The van der Waals surface area contributed by atoms with Gasteiger partial charge in [-0.2, -0.15) is 10.1 Å². The van der Waals surface area contributed by atoms with Crippen molar-refractivity contribution in [3.63, 3.8) is 0 Å². The third-order valence-electron chi connectivity index (χ3n) is 5.46. The summed E-state index contributed by atoms with van der Waals surface area (Å²) in [5.74, 6) is 0.440. The number of aryl methyl sites for hydroxylation is 1. The smallest absolute Gasteiger partial charge is 0.351 e. The van der Waals surface area contributed by atoms with E-state index < -0.39 is 12.5 Å². The summed E-state index contributed by atoms with van der Waals surface area (Å²) in [5.41, 5.74) is 3.97. The van der Waals surface area contributed by atoms with Crippen LogP contribution >= 0.6 is 0 Å². The third-order valence-corrected chi connectivity index (χ3v) is 5.46. The molecule has 0 amide bonds. The van der Waals surface area contributed by atoms with Crippen molar-refractivity contribution in [3.05, 3.63) is 36.4 Å². The van der Waals surface area contributed by atoms with Gasteiger partial charge in [-0.1, -0.05) is 0 Å². The molecule has 4 heterocycles. The maximum atomic E-state index is 12.4. The van der Waals surface area contributed by atoms with Crippen molar-refractivity contribution in [1.29, 1.82) is 0 Å². The van der Waals surface area contributed by atoms with Crippen LogP contribution in [0.1, 0.15) is 31.4 Å². The van der Waals surface area contributed by atoms with Crippen molar-refractivity contribution in [3.8, 4) is 11.3 Å². The summed E-state index contributed by atoms with van der Waals surface area (Å²) in [5, 5.41) is 8.66. The number of fused-ring (bicyclic) bond motifs is 2. The van der Waals surface area contributed by atoms with Crippen LogP contribution in [-0.4, -0.2) is 48.1 Å². The molecule has 5 rings (SSSR count). The van der Waals surface area contributed by atoms with Gasteiger partial charge in [0.25, 0.3) is 0 Å². The standard InChI is InChI=1S/C20H20F3N7O/c1-11-10-30-17(26-11)7-6-16(29-30)14-8-24-18-15(14)9-25-19(28-18)27-12-2-4-13(5-3-12)31-20(21,22)23/h6-10,12-13H,2-5H2,1H3,(H2,24,25,27,28). The molecule has 0 saturated heterocycles. The lowest BCUT2D eigenvalue weighted by atomic mass is 9.93. The van der Waals surface area contributed by atoms with E-state index in [1.807, 2.05) is 31.5 Å². The molecular weight excluding hydrogens is 411 g/mol. The summed E-state index contributed by atoms with van der Waals surface area (Å²) >= 11 is 0. The van der Waals surface area contributed by atoms with Gasteiger partial charge in [0, 0.05) is 29.4 Å². The molecule has 11 heteroatoms. The Kier molecular flexibility index (Phi) is 4.77. The number of aromatic nitrogens is 6. The lowest BCUT2D eigenvalue weighted by Crippen LogP contribution is -2.33. The molecule has 1 aliphatic rings. The number of nitrogens with one attached hydrogen (secondary N) is 2. The van der Waals surface area contributed by atoms with E-state index in [1.165, 1.54) is 0 Å². The summed E-state index contributed by atoms with van der Waals surface area (Å²) in [6.45, 7) is 1.91. The van der Waals surface area contributed by atoms with Crippen LogP contribution < -0.4 is 5.32 Å². The van der Waals surface area contributed by atoms with Crippen LogP contribution in [0.25, 0.3) is 27.9 Å². The Morgan fingerprint density at radius 1 is 1.16 bits per heavy atom. The van der Waals surface area contributed by atoms with Crippen molar-refractivity contribution >= 4 is 22.6 Å². The van der Waals surface area contributed by atoms with Gasteiger partial charge in [0.05, 0.1) is 23.7 Å². The fraction of sp³-hybridized carbons (Fsp3) is 0.400. The molecule has 2 N–H and O–H groups in total. The van der Waals surface area contributed by atoms with E-state index >= 15 is 0 Å². The number of imidazole rings is 1. The number of anilines is 1. The van der Waals surface area contributed by atoms with Gasteiger partial charge in [-0.05, 0) is 44.7 Å². The van der Waals surface area contributed by atoms with Crippen molar-refractivity contribution < 1.29 is 17.9 Å². The summed E-state index contributed by atoms with van der Waals surface area (Å²) < 4.78 is 43.0. The summed E-state index contributed by atoms with van der Waals surface area (Å²) in [6, 6.07) is 3.82. The van der Waals surface area contributed by atoms with Crippen LogP contribution in [0.3, 0.4) is 0 Å². The summed E-state index contributed by atoms with van der Waals surface area (Å²) in [7, 11) is 0. The van der Waals surface area contributed by atoms with Crippen molar-refractivity contribution in [1.82, 2.24) is 29.5 Å². The Morgan fingerprint density at radius 2 is 1.97 bits per heavy atom. The monoisotopic (exact) mass is 431 g/mol. The SMILES string of the molecule is Cc1cn2nc(-c3c[nH]c4nc(NC5CCC(OC(F)(F)F)CC5)ncc34)ccc2n1. The second-order valence-electron chi connectivity index (χ2n) is 7.74. The summed E-state index contributed by atoms with van der Waals surface area (Å²) in [4.78, 5) is 16.5. The number of H-pyrrole nitrogens is 1. The average Bonchev–Trinajstić information content (AvgIpc) is 3.29. The van der Waals surface area contributed by atoms with E-state index in [2.05, 4.69) is 35.1 Å². The molecule has 0 radical (unpaired) electrons. The minimum absolute atomic E-state index is 0.00789. The van der Waals surface area contributed by atoms with Crippen molar-refractivity contribution in [2.45, 2.75) is 51.1 Å². The predicted molar refractivity (Wildman–Crippen MR) is 107 cm³/mol. The van der Waals surface area contributed by atoms with E-state index in [0.29, 0.717) is 37.3 Å². The molecule has 0 aromatic carbocycles. The van der Waals surface area contributed by atoms with E-state index in [-0.39, 0.29) is 6.04 Å². The van der Waals surface area contributed by atoms with Gasteiger partial charge < -0.3 is 10.3 Å². The molecule has 1 aliphatic carbocycles. The minimum Gasteiger partial charge on any atom is -0.351 e.